The first-order valence-corrected chi connectivity index (χ1v) is 36.2. The van der Waals surface area contributed by atoms with Crippen LogP contribution >= 0.6 is 0 Å². The average molecular weight is 302 g/mol. The zero-order valence-corrected chi connectivity index (χ0v) is 17.9. The third-order valence-electron chi connectivity index (χ3n) is 0. The predicted molar refractivity (Wildman–Crippen MR) is 35.6 cm³/mol. The zero-order valence-electron chi connectivity index (χ0n) is 3.45. The molecule has 0 unspecified atom stereocenters. The quantitative estimate of drug-likeness (QED) is 0.401. The Morgan fingerprint density at radius 3 is 1.00 bits per heavy atom. The maximum absolute atomic E-state index is 1.38. The van der Waals surface area contributed by atoms with Gasteiger partial charge in [-0.2, -0.15) is 0 Å². The van der Waals surface area contributed by atoms with Gasteiger partial charge in [-0.25, -0.2) is 0 Å². The van der Waals surface area contributed by atoms with Gasteiger partial charge in [-0.1, -0.05) is 0 Å². The third-order valence-corrected chi connectivity index (χ3v) is 0. The summed E-state index contributed by atoms with van der Waals surface area (Å²) in [6.45, 7) is 0. The van der Waals surface area contributed by atoms with E-state index in [0.717, 1.165) is 0 Å². The number of rotatable bonds is 0. The fourth-order valence-corrected chi connectivity index (χ4v) is 0. The van der Waals surface area contributed by atoms with Crippen molar-refractivity contribution in [3.05, 3.63) is 0 Å². The molecule has 4 heavy (non-hydrogen) atoms. The summed E-state index contributed by atoms with van der Waals surface area (Å²) in [5.41, 5.74) is 0. The topological polar surface area (TPSA) is 0 Å². The summed E-state index contributed by atoms with van der Waals surface area (Å²) in [6.07, 6.45) is 0. The van der Waals surface area contributed by atoms with Gasteiger partial charge in [-0.3, -0.25) is 0 Å². The standard InChI is InChI=1S/AsGe3H9/c2-1(3)4/h2-4H3. The molecular formula is H9AsGe3. The van der Waals surface area contributed by atoms with Crippen molar-refractivity contribution < 1.29 is 0 Å². The molecule has 0 radical (unpaired) electrons. The maximum atomic E-state index is 1.38. The summed E-state index contributed by atoms with van der Waals surface area (Å²) in [5.74, 6) is 0. The fourth-order valence-electron chi connectivity index (χ4n) is 0. The molecule has 0 bridgehead atoms. The van der Waals surface area contributed by atoms with Crippen LogP contribution in [0.3, 0.4) is 0 Å². The molecule has 0 aliphatic carbocycles. The van der Waals surface area contributed by atoms with Crippen molar-refractivity contribution in [3.63, 3.8) is 0 Å². The summed E-state index contributed by atoms with van der Waals surface area (Å²) in [6, 6.07) is 0. The molecule has 0 nitrogen and oxygen atoms in total. The summed E-state index contributed by atoms with van der Waals surface area (Å²) < 4.78 is 0. The first-order valence-electron chi connectivity index (χ1n) is 1.34. The van der Waals surface area contributed by atoms with Gasteiger partial charge in [0.05, 0.1) is 0 Å². The molecule has 0 saturated carbocycles. The van der Waals surface area contributed by atoms with Crippen molar-refractivity contribution in [1.29, 1.82) is 0 Å². The fraction of sp³-hybridized carbons (Fsp3) is 0. The summed E-state index contributed by atoms with van der Waals surface area (Å²) in [7, 11) is 0.375. The first-order chi connectivity index (χ1) is 1.73. The average Bonchev–Trinajstić information content (AvgIpc) is 0.811. The molecule has 0 aliphatic rings. The second-order valence-electron chi connectivity index (χ2n) is 1.34. The van der Waals surface area contributed by atoms with Gasteiger partial charge in [0.1, 0.15) is 0 Å². The molecule has 0 atom stereocenters. The van der Waals surface area contributed by atoms with Gasteiger partial charge in [0.25, 0.3) is 0 Å². The molecule has 0 spiro atoms. The van der Waals surface area contributed by atoms with Crippen molar-refractivity contribution in [3.8, 4) is 0 Å². The Morgan fingerprint density at radius 1 is 1.00 bits per heavy atom. The van der Waals surface area contributed by atoms with E-state index in [2.05, 4.69) is 0 Å². The van der Waals surface area contributed by atoms with Gasteiger partial charge >= 0.3 is 52.1 Å². The van der Waals surface area contributed by atoms with Crippen LogP contribution in [0.4, 0.5) is 0 Å². The molecule has 0 aromatic heterocycles. The van der Waals surface area contributed by atoms with E-state index >= 15 is 0 Å². The Kier molecular flexibility index (Phi) is 5.23. The van der Waals surface area contributed by atoms with E-state index in [9.17, 15) is 0 Å². The van der Waals surface area contributed by atoms with Crippen LogP contribution < -0.4 is 0 Å². The summed E-state index contributed by atoms with van der Waals surface area (Å²) in [5, 5.41) is 0. The molecular weight excluding hydrogens is 293 g/mol. The zero-order chi connectivity index (χ0) is 3.58. The molecule has 0 aromatic carbocycles. The van der Waals surface area contributed by atoms with Crippen LogP contribution in [0.25, 0.3) is 0 Å². The van der Waals surface area contributed by atoms with Gasteiger partial charge in [-0.15, -0.1) is 0 Å². The third kappa shape index (κ3) is 8.89. The van der Waals surface area contributed by atoms with Gasteiger partial charge in [-0.05, 0) is 0 Å². The molecule has 4 heteroatoms. The van der Waals surface area contributed by atoms with Crippen LogP contribution in [0.5, 0.6) is 0 Å². The summed E-state index contributed by atoms with van der Waals surface area (Å²) >= 11 is 4.12. The molecule has 0 heterocycles. The first kappa shape index (κ1) is 6.19. The van der Waals surface area contributed by atoms with Crippen molar-refractivity contribution in [1.82, 2.24) is 0 Å². The van der Waals surface area contributed by atoms with E-state index in [1.807, 2.05) is 0 Å². The molecule has 0 N–H and O–H groups in total. The van der Waals surface area contributed by atoms with E-state index in [1.54, 1.807) is 0 Å². The molecule has 0 rings (SSSR count). The van der Waals surface area contributed by atoms with E-state index in [1.165, 1.54) is 43.4 Å². The molecule has 26 valence electrons. The van der Waals surface area contributed by atoms with Crippen LogP contribution in [0.15, 0.2) is 0 Å². The van der Waals surface area contributed by atoms with Crippen molar-refractivity contribution in [2.75, 3.05) is 0 Å². The molecule has 0 saturated heterocycles. The van der Waals surface area contributed by atoms with Crippen LogP contribution in [0.1, 0.15) is 0 Å². The monoisotopic (exact) mass is 306 g/mol. The van der Waals surface area contributed by atoms with Crippen molar-refractivity contribution in [2.24, 2.45) is 0 Å². The second-order valence-corrected chi connectivity index (χ2v) is 188. The number of hydrogen-bond acceptors (Lipinski definition) is 0. The van der Waals surface area contributed by atoms with Crippen LogP contribution in [-0.4, -0.2) is 52.1 Å². The minimum atomic E-state index is 0.375. The van der Waals surface area contributed by atoms with E-state index < -0.39 is 0 Å². The Morgan fingerprint density at radius 2 is 1.00 bits per heavy atom. The van der Waals surface area contributed by atoms with E-state index in [-0.39, 0.29) is 0 Å². The van der Waals surface area contributed by atoms with Crippen molar-refractivity contribution in [2.45, 2.75) is 0 Å². The Hall–Kier alpha value is 2.19. The predicted octanol–water partition coefficient (Wildman–Crippen LogP) is -3.93. The Bertz CT molecular complexity index is 8.00. The van der Waals surface area contributed by atoms with Gasteiger partial charge < -0.3 is 0 Å². The number of hydrogen-bond donors (Lipinski definition) is 0. The van der Waals surface area contributed by atoms with Gasteiger partial charge in [0.15, 0.2) is 0 Å². The molecule has 0 fully saturated rings. The van der Waals surface area contributed by atoms with Gasteiger partial charge in [0.2, 0.25) is 0 Å². The molecule has 0 amide bonds. The molecule has 0 aliphatic heterocycles. The van der Waals surface area contributed by atoms with Crippen LogP contribution in [0, 0.1) is 0 Å². The summed E-state index contributed by atoms with van der Waals surface area (Å²) in [4.78, 5) is 0. The van der Waals surface area contributed by atoms with Crippen LogP contribution in [0.2, 0.25) is 0 Å². The SMILES string of the molecule is [GeH3][As]([GeH3])[GeH3]. The van der Waals surface area contributed by atoms with Crippen molar-refractivity contribution >= 4 is 52.1 Å². The van der Waals surface area contributed by atoms with Crippen LogP contribution in [-0.2, 0) is 0 Å². The van der Waals surface area contributed by atoms with E-state index in [4.69, 9.17) is 0 Å². The normalized spacial score (nSPS) is 18.0. The van der Waals surface area contributed by atoms with E-state index in [0.29, 0.717) is 8.68 Å². The second kappa shape index (κ2) is 3.38. The van der Waals surface area contributed by atoms with Gasteiger partial charge in [0, 0.05) is 0 Å². The molecule has 0 aromatic rings. The minimum absolute atomic E-state index is 0.375. The Labute approximate surface area is 51.4 Å². The Balaban J connectivity index is 2.32.